The van der Waals surface area contributed by atoms with E-state index in [-0.39, 0.29) is 12.5 Å². The van der Waals surface area contributed by atoms with E-state index in [1.54, 1.807) is 37.6 Å². The summed E-state index contributed by atoms with van der Waals surface area (Å²) in [6, 6.07) is 13.9. The van der Waals surface area contributed by atoms with Crippen LogP contribution in [0.25, 0.3) is 0 Å². The molecule has 1 unspecified atom stereocenters. The third-order valence-corrected chi connectivity index (χ3v) is 4.28. The summed E-state index contributed by atoms with van der Waals surface area (Å²) in [5.74, 6) is 1.73. The van der Waals surface area contributed by atoms with Crippen LogP contribution < -0.4 is 14.8 Å². The summed E-state index contributed by atoms with van der Waals surface area (Å²) in [5, 5.41) is 3.59. The van der Waals surface area contributed by atoms with Gasteiger partial charge in [-0.15, -0.1) is 0 Å². The van der Waals surface area contributed by atoms with Gasteiger partial charge in [0.2, 0.25) is 0 Å². The van der Waals surface area contributed by atoms with E-state index in [1.165, 1.54) is 0 Å². The van der Waals surface area contributed by atoms with E-state index in [1.807, 2.05) is 42.1 Å². The zero-order chi connectivity index (χ0) is 19.2. The average molecular weight is 386 g/mol. The Hall–Kier alpha value is -2.99. The molecule has 3 aromatic rings. The topological polar surface area (TPSA) is 65.4 Å². The Balaban J connectivity index is 1.75. The van der Waals surface area contributed by atoms with Crippen LogP contribution in [0.3, 0.4) is 0 Å². The summed E-state index contributed by atoms with van der Waals surface area (Å²) in [6.07, 6.45) is 3.53. The molecule has 27 heavy (non-hydrogen) atoms. The number of carbonyl (C=O) groups is 1. The van der Waals surface area contributed by atoms with E-state index >= 15 is 0 Å². The Morgan fingerprint density at radius 1 is 1.22 bits per heavy atom. The molecule has 2 aromatic carbocycles. The highest BCUT2D eigenvalue weighted by Gasteiger charge is 2.21. The Labute approximate surface area is 162 Å². The molecule has 0 saturated carbocycles. The lowest BCUT2D eigenvalue weighted by molar-refractivity contribution is -0.123. The van der Waals surface area contributed by atoms with Crippen LogP contribution in [-0.4, -0.2) is 29.2 Å². The average Bonchev–Trinajstić information content (AvgIpc) is 3.11. The van der Waals surface area contributed by atoms with E-state index in [0.29, 0.717) is 22.3 Å². The molecule has 0 spiro atoms. The molecular weight excluding hydrogens is 366 g/mol. The van der Waals surface area contributed by atoms with Crippen LogP contribution in [0.5, 0.6) is 11.5 Å². The number of amides is 1. The summed E-state index contributed by atoms with van der Waals surface area (Å²) in [5.41, 5.74) is 0.864. The van der Waals surface area contributed by atoms with Crippen molar-refractivity contribution in [1.82, 2.24) is 14.9 Å². The number of aromatic nitrogens is 2. The number of benzene rings is 2. The summed E-state index contributed by atoms with van der Waals surface area (Å²) in [6.45, 7) is -0.119. The number of nitrogens with zero attached hydrogens (tertiary/aromatic N) is 2. The second-order valence-electron chi connectivity index (χ2n) is 5.92. The van der Waals surface area contributed by atoms with Gasteiger partial charge in [-0.3, -0.25) is 4.79 Å². The molecule has 0 fully saturated rings. The van der Waals surface area contributed by atoms with Crippen LogP contribution in [0.2, 0.25) is 5.02 Å². The minimum Gasteiger partial charge on any atom is -0.497 e. The fourth-order valence-corrected chi connectivity index (χ4v) is 2.78. The fourth-order valence-electron chi connectivity index (χ4n) is 2.66. The van der Waals surface area contributed by atoms with Crippen molar-refractivity contribution in [2.24, 2.45) is 7.05 Å². The molecule has 0 bridgehead atoms. The molecule has 7 heteroatoms. The highest BCUT2D eigenvalue weighted by molar-refractivity contribution is 6.30. The standard InChI is InChI=1S/C20H20ClN3O3/c1-24-11-10-22-20(24)19(14-4-3-5-17(12-14)26-2)23-18(25)13-27-16-8-6-15(21)7-9-16/h3-12,19H,13H2,1-2H3,(H,23,25). The molecule has 6 nitrogen and oxygen atoms in total. The van der Waals surface area contributed by atoms with Crippen molar-refractivity contribution in [1.29, 1.82) is 0 Å². The lowest BCUT2D eigenvalue weighted by Crippen LogP contribution is -2.34. The number of imidazole rings is 1. The first-order valence-corrected chi connectivity index (χ1v) is 8.73. The van der Waals surface area contributed by atoms with Crippen molar-refractivity contribution in [3.05, 3.63) is 77.3 Å². The Kier molecular flexibility index (Phi) is 5.98. The maximum Gasteiger partial charge on any atom is 0.258 e. The lowest BCUT2D eigenvalue weighted by Gasteiger charge is -2.20. The molecule has 1 aromatic heterocycles. The summed E-state index contributed by atoms with van der Waals surface area (Å²) >= 11 is 5.85. The fraction of sp³-hybridized carbons (Fsp3) is 0.200. The molecule has 0 radical (unpaired) electrons. The van der Waals surface area contributed by atoms with Crippen LogP contribution in [0.15, 0.2) is 60.9 Å². The molecule has 1 heterocycles. The molecule has 1 amide bonds. The number of hydrogen-bond donors (Lipinski definition) is 1. The van der Waals surface area contributed by atoms with E-state index in [0.717, 1.165) is 5.56 Å². The van der Waals surface area contributed by atoms with Gasteiger partial charge in [0.15, 0.2) is 6.61 Å². The number of carbonyl (C=O) groups excluding carboxylic acids is 1. The SMILES string of the molecule is COc1cccc(C(NC(=O)COc2ccc(Cl)cc2)c2nccn2C)c1. The Morgan fingerprint density at radius 3 is 2.67 bits per heavy atom. The number of aryl methyl sites for hydroxylation is 1. The van der Waals surface area contributed by atoms with Crippen LogP contribution in [0, 0.1) is 0 Å². The monoisotopic (exact) mass is 385 g/mol. The van der Waals surface area contributed by atoms with E-state index in [4.69, 9.17) is 21.1 Å². The second-order valence-corrected chi connectivity index (χ2v) is 6.35. The van der Waals surface area contributed by atoms with Gasteiger partial charge in [-0.1, -0.05) is 23.7 Å². The minimum absolute atomic E-state index is 0.119. The first-order chi connectivity index (χ1) is 13.1. The van der Waals surface area contributed by atoms with E-state index < -0.39 is 6.04 Å². The van der Waals surface area contributed by atoms with Crippen LogP contribution in [0.4, 0.5) is 0 Å². The maximum absolute atomic E-state index is 12.5. The number of rotatable bonds is 7. The number of hydrogen-bond acceptors (Lipinski definition) is 4. The van der Waals surface area contributed by atoms with Crippen molar-refractivity contribution in [2.75, 3.05) is 13.7 Å². The van der Waals surface area contributed by atoms with E-state index in [2.05, 4.69) is 10.3 Å². The van der Waals surface area contributed by atoms with Gasteiger partial charge in [0.05, 0.1) is 7.11 Å². The van der Waals surface area contributed by atoms with E-state index in [9.17, 15) is 4.79 Å². The highest BCUT2D eigenvalue weighted by Crippen LogP contribution is 2.24. The molecule has 0 aliphatic carbocycles. The zero-order valence-corrected chi connectivity index (χ0v) is 15.8. The predicted octanol–water partition coefficient (Wildman–Crippen LogP) is 3.37. The van der Waals surface area contributed by atoms with Crippen molar-refractivity contribution in [3.63, 3.8) is 0 Å². The van der Waals surface area contributed by atoms with Gasteiger partial charge in [-0.05, 0) is 42.0 Å². The minimum atomic E-state index is -0.429. The van der Waals surface area contributed by atoms with Crippen LogP contribution in [0.1, 0.15) is 17.4 Å². The molecule has 140 valence electrons. The second kappa shape index (κ2) is 8.60. The first kappa shape index (κ1) is 18.8. The highest BCUT2D eigenvalue weighted by atomic mass is 35.5. The smallest absolute Gasteiger partial charge is 0.258 e. The molecule has 0 saturated heterocycles. The van der Waals surface area contributed by atoms with Crippen molar-refractivity contribution < 1.29 is 14.3 Å². The van der Waals surface area contributed by atoms with Gasteiger partial charge in [-0.2, -0.15) is 0 Å². The van der Waals surface area contributed by atoms with Gasteiger partial charge >= 0.3 is 0 Å². The van der Waals surface area contributed by atoms with Gasteiger partial charge in [0, 0.05) is 24.5 Å². The number of halogens is 1. The third kappa shape index (κ3) is 4.80. The Bertz CT molecular complexity index is 909. The lowest BCUT2D eigenvalue weighted by atomic mass is 10.1. The number of nitrogens with one attached hydrogen (secondary N) is 1. The summed E-state index contributed by atoms with van der Waals surface area (Å²) < 4.78 is 12.7. The largest absolute Gasteiger partial charge is 0.497 e. The molecule has 3 rings (SSSR count). The molecule has 0 aliphatic heterocycles. The van der Waals surface area contributed by atoms with Crippen molar-refractivity contribution >= 4 is 17.5 Å². The van der Waals surface area contributed by atoms with Gasteiger partial charge < -0.3 is 19.4 Å². The van der Waals surface area contributed by atoms with Crippen molar-refractivity contribution in [2.45, 2.75) is 6.04 Å². The van der Waals surface area contributed by atoms with Crippen molar-refractivity contribution in [3.8, 4) is 11.5 Å². The first-order valence-electron chi connectivity index (χ1n) is 8.35. The quantitative estimate of drug-likeness (QED) is 0.677. The summed E-state index contributed by atoms with van der Waals surface area (Å²) in [7, 11) is 3.49. The summed E-state index contributed by atoms with van der Waals surface area (Å²) in [4.78, 5) is 16.9. The number of methoxy groups -OCH3 is 1. The molecule has 1 atom stereocenters. The third-order valence-electron chi connectivity index (χ3n) is 4.03. The maximum atomic E-state index is 12.5. The number of ether oxygens (including phenoxy) is 2. The predicted molar refractivity (Wildman–Crippen MR) is 103 cm³/mol. The Morgan fingerprint density at radius 2 is 2.00 bits per heavy atom. The zero-order valence-electron chi connectivity index (χ0n) is 15.1. The van der Waals surface area contributed by atoms with Crippen LogP contribution in [-0.2, 0) is 11.8 Å². The van der Waals surface area contributed by atoms with Gasteiger partial charge in [0.1, 0.15) is 23.4 Å². The van der Waals surface area contributed by atoms with Gasteiger partial charge in [-0.25, -0.2) is 4.98 Å². The molecule has 1 N–H and O–H groups in total. The van der Waals surface area contributed by atoms with Gasteiger partial charge in [0.25, 0.3) is 5.91 Å². The molecule has 0 aliphatic rings. The molecular formula is C20H20ClN3O3. The normalized spacial score (nSPS) is 11.7. The van der Waals surface area contributed by atoms with Crippen LogP contribution >= 0.6 is 11.6 Å².